The van der Waals surface area contributed by atoms with Gasteiger partial charge in [0.05, 0.1) is 124 Å². The summed E-state index contributed by atoms with van der Waals surface area (Å²) in [6, 6.07) is 4.82. The van der Waals surface area contributed by atoms with E-state index in [-0.39, 0.29) is 51.0 Å². The number of piperidine rings is 5. The molecular weight excluding hydrogens is 1750 g/mol. The predicted octanol–water partition coefficient (Wildman–Crippen LogP) is 20.0. The van der Waals surface area contributed by atoms with Gasteiger partial charge in [0, 0.05) is 150 Å². The highest BCUT2D eigenvalue weighted by atomic mass is 32.2. The molecule has 0 spiro atoms. The van der Waals surface area contributed by atoms with E-state index < -0.39 is 10.0 Å². The summed E-state index contributed by atoms with van der Waals surface area (Å²) in [5.74, 6) is 6.23. The number of carbonyl (C=O) groups is 2. The van der Waals surface area contributed by atoms with E-state index in [0.29, 0.717) is 48.7 Å². The molecule has 25 nitrogen and oxygen atoms in total. The van der Waals surface area contributed by atoms with Crippen molar-refractivity contribution in [3.63, 3.8) is 0 Å². The molecule has 1 aromatic rings. The third-order valence-electron chi connectivity index (χ3n) is 25.2. The molecule has 137 heavy (non-hydrogen) atoms. The molecule has 0 aromatic carbocycles. The van der Waals surface area contributed by atoms with E-state index in [0.717, 1.165) is 265 Å². The van der Waals surface area contributed by atoms with Gasteiger partial charge in [0.15, 0.2) is 0 Å². The number of morpholine rings is 3. The van der Waals surface area contributed by atoms with Crippen LogP contribution in [0.5, 0.6) is 0 Å². The molecule has 10 aliphatic rings. The first-order valence-electron chi connectivity index (χ1n) is 54.3. The lowest BCUT2D eigenvalue weighted by molar-refractivity contribution is -0.133. The van der Waals surface area contributed by atoms with Crippen LogP contribution in [0.4, 0.5) is 0 Å². The van der Waals surface area contributed by atoms with E-state index in [1.54, 1.807) is 11.2 Å². The molecule has 0 bridgehead atoms. The lowest BCUT2D eigenvalue weighted by Crippen LogP contribution is -2.52. The highest BCUT2D eigenvalue weighted by Gasteiger charge is 2.33. The van der Waals surface area contributed by atoms with E-state index in [2.05, 4.69) is 215 Å². The lowest BCUT2D eigenvalue weighted by Gasteiger charge is -2.41. The van der Waals surface area contributed by atoms with Gasteiger partial charge in [0.2, 0.25) is 21.8 Å². The fourth-order valence-electron chi connectivity index (χ4n) is 16.5. The number of nitrogens with zero attached hydrogens (tertiary/aromatic N) is 8. The summed E-state index contributed by atoms with van der Waals surface area (Å²) in [7, 11) is -3.00. The Kier molecular flexibility index (Phi) is 66.8. The Morgan fingerprint density at radius 3 is 1.25 bits per heavy atom. The lowest BCUT2D eigenvalue weighted by atomic mass is 9.92. The minimum absolute atomic E-state index is 0.0128. The average Bonchev–Trinajstić information content (AvgIpc) is 1.32. The van der Waals surface area contributed by atoms with Gasteiger partial charge in [-0.1, -0.05) is 55.4 Å². The number of rotatable bonds is 30. The molecule has 3 atom stereocenters. The number of likely N-dealkylation sites (tertiary alicyclic amines) is 3. The van der Waals surface area contributed by atoms with Gasteiger partial charge < -0.3 is 72.0 Å². The smallest absolute Gasteiger partial charge is 0.222 e. The highest BCUT2D eigenvalue weighted by Crippen LogP contribution is 2.29. The van der Waals surface area contributed by atoms with Crippen molar-refractivity contribution in [2.24, 2.45) is 52.8 Å². The number of hydrogen-bond donors (Lipinski definition) is 1. The molecular formula is C111H219N9O16S. The van der Waals surface area contributed by atoms with Crippen LogP contribution >= 0.6 is 0 Å². The second-order valence-corrected chi connectivity index (χ2v) is 50.9. The summed E-state index contributed by atoms with van der Waals surface area (Å²) >= 11 is 0. The number of nitrogens with one attached hydrogen (secondary N) is 1. The molecule has 11 rings (SSSR count). The fourth-order valence-corrected chi connectivity index (χ4v) is 17.4. The van der Waals surface area contributed by atoms with Crippen LogP contribution in [-0.2, 0) is 82.9 Å². The minimum atomic E-state index is -3.00. The summed E-state index contributed by atoms with van der Waals surface area (Å²) in [6.07, 6.45) is 28.0. The van der Waals surface area contributed by atoms with Crippen molar-refractivity contribution >= 4 is 21.8 Å². The molecule has 1 aromatic heterocycles. The van der Waals surface area contributed by atoms with Crippen LogP contribution in [0.3, 0.4) is 0 Å². The third-order valence-corrected chi connectivity index (χ3v) is 26.5. The van der Waals surface area contributed by atoms with Crippen LogP contribution in [0.2, 0.25) is 0 Å². The quantitative estimate of drug-likeness (QED) is 0.0706. The molecule has 26 heteroatoms. The molecule has 10 aliphatic heterocycles. The Morgan fingerprint density at radius 1 is 0.438 bits per heavy atom. The first-order valence-corrected chi connectivity index (χ1v) is 56.1. The molecule has 1 N–H and O–H groups in total. The normalized spacial score (nSPS) is 21.2. The molecule has 2 amide bonds. The van der Waals surface area contributed by atoms with E-state index in [1.165, 1.54) is 122 Å². The SMILES string of the molecule is CC(=O)N1CCCC(CCOC(C)(C)C)C1.CC(C)(C)CCN1CCOCC1.CC(C)(C)OCC1CCN(C2COC2)CC1.CC(C)(C)OCC1CCN(S(C)(=O)=O)CC1.CC(C)(C)OCCC1CCCNC1.CC(C)(C)OCCC1CCOC1.CC(C)(C)OCCCc1ccncc1.CC(C)CCCN1CCOCC1.CC(C)CN1CCOCC1.CCC(=O)N1CCC(COC(C)(C)C)CC1. The Hall–Kier alpha value is -2.68. The van der Waals surface area contributed by atoms with Crippen molar-refractivity contribution in [1.29, 1.82) is 0 Å². The average molecular weight is 1970 g/mol. The second kappa shape index (κ2) is 70.2. The number of ether oxygens (including phenoxy) is 12. The fraction of sp³-hybridized carbons (Fsp3) is 0.937. The zero-order valence-corrected chi connectivity index (χ0v) is 95.4. The molecule has 10 saturated heterocycles. The molecule has 3 unspecified atom stereocenters. The van der Waals surface area contributed by atoms with Crippen LogP contribution in [0.15, 0.2) is 24.5 Å². The van der Waals surface area contributed by atoms with Gasteiger partial charge in [0.1, 0.15) is 0 Å². The monoisotopic (exact) mass is 1970 g/mol. The van der Waals surface area contributed by atoms with Gasteiger partial charge in [-0.25, -0.2) is 12.7 Å². The molecule has 0 aliphatic carbocycles. The number of aromatic nitrogens is 1. The van der Waals surface area contributed by atoms with Crippen molar-refractivity contribution < 1.29 is 74.8 Å². The first kappa shape index (κ1) is 130. The Bertz CT molecular complexity index is 3180. The van der Waals surface area contributed by atoms with Crippen molar-refractivity contribution in [2.75, 3.05) is 243 Å². The van der Waals surface area contributed by atoms with E-state index in [9.17, 15) is 18.0 Å². The van der Waals surface area contributed by atoms with Crippen LogP contribution in [-0.4, -0.2) is 347 Å². The summed E-state index contributed by atoms with van der Waals surface area (Å²) in [5.41, 5.74) is 1.65. The van der Waals surface area contributed by atoms with Crippen LogP contribution in [0.25, 0.3) is 0 Å². The largest absolute Gasteiger partial charge is 0.381 e. The number of hydrogen-bond acceptors (Lipinski definition) is 22. The maximum Gasteiger partial charge on any atom is 0.222 e. The number of sulfonamides is 1. The standard InChI is InChI=1S/3C13H25NO2.C12H19NO.C11H23NO3S.C11H23NO.2C10H21NO.C10H20O2.C8H17NO/c1-13(2,3)16-8-11-4-6-14(7-5-11)12-9-15-10-12;1-11(15)14-8-5-6-12(10-14)7-9-16-13(2,3)4;1-5-12(15)14-8-6-11(7-9-14)10-16-13(2,3)4;1-12(2,3)14-10-4-5-11-6-8-13-9-7-11;1-11(2,3)15-9-10-5-7-12(8-6-10)16(4,13)14;1-11(2,3)13-8-6-10-5-4-7-12-9-10;1-10(2,3)4-5-11-6-8-12-9-7-11;1-10(2)4-3-5-11-6-8-12-9-7-11;1-10(2,3)12-7-5-9-4-6-11-8-9;1-8(2)7-9-3-5-10-6-4-9/h11-12H,4-10H2,1-3H3;12H,5-10H2,1-4H3;11H,5-10H2,1-4H3;6-9H,4-5,10H2,1-3H3;10H,5-9H2,1-4H3;10,12H,4-9H2,1-3H3;4-9H2,1-3H3;10H,3-9H2,1-2H3;9H,4-8H2,1-3H3;8H,3-7H2,1-2H3. The minimum Gasteiger partial charge on any atom is -0.381 e. The van der Waals surface area contributed by atoms with Crippen molar-refractivity contribution in [3.05, 3.63) is 30.1 Å². The van der Waals surface area contributed by atoms with Crippen LogP contribution in [0.1, 0.15) is 335 Å². The van der Waals surface area contributed by atoms with Crippen molar-refractivity contribution in [3.8, 4) is 0 Å². The summed E-state index contributed by atoms with van der Waals surface area (Å²) in [6.45, 7) is 99.0. The number of pyridine rings is 1. The Morgan fingerprint density at radius 2 is 0.861 bits per heavy atom. The first-order chi connectivity index (χ1) is 63.9. The number of carbonyl (C=O) groups excluding carboxylic acids is 2. The predicted molar refractivity (Wildman–Crippen MR) is 568 cm³/mol. The molecule has 0 radical (unpaired) electrons. The Balaban J connectivity index is 0.000000516. The topological polar surface area (TPSA) is 227 Å². The number of amides is 2. The van der Waals surface area contributed by atoms with Crippen LogP contribution < -0.4 is 5.32 Å². The van der Waals surface area contributed by atoms with Gasteiger partial charge >= 0.3 is 0 Å². The van der Waals surface area contributed by atoms with Crippen LogP contribution in [0, 0.1) is 52.8 Å². The zero-order valence-electron chi connectivity index (χ0n) is 94.6. The third kappa shape index (κ3) is 76.5. The highest BCUT2D eigenvalue weighted by molar-refractivity contribution is 7.88. The molecule has 10 fully saturated rings. The number of aryl methyl sites for hydroxylation is 1. The summed E-state index contributed by atoms with van der Waals surface area (Å²) < 4.78 is 90.6. The van der Waals surface area contributed by atoms with Gasteiger partial charge in [-0.15, -0.1) is 0 Å². The van der Waals surface area contributed by atoms with E-state index in [4.69, 9.17) is 56.8 Å². The van der Waals surface area contributed by atoms with E-state index in [1.807, 2.05) is 49.9 Å². The van der Waals surface area contributed by atoms with Gasteiger partial charge in [0.25, 0.3) is 0 Å². The molecule has 11 heterocycles. The van der Waals surface area contributed by atoms with Gasteiger partial charge in [-0.2, -0.15) is 0 Å². The summed E-state index contributed by atoms with van der Waals surface area (Å²) in [4.78, 5) is 40.7. The van der Waals surface area contributed by atoms with Crippen molar-refractivity contribution in [2.45, 2.75) is 381 Å². The maximum absolute atomic E-state index is 11.5. The maximum atomic E-state index is 11.5. The summed E-state index contributed by atoms with van der Waals surface area (Å²) in [5, 5.41) is 3.43. The van der Waals surface area contributed by atoms with Gasteiger partial charge in [-0.05, 0) is 377 Å². The van der Waals surface area contributed by atoms with Gasteiger partial charge in [-0.3, -0.25) is 34.2 Å². The second-order valence-electron chi connectivity index (χ2n) is 48.9. The zero-order chi connectivity index (χ0) is 103. The molecule has 810 valence electrons. The molecule has 0 saturated carbocycles. The van der Waals surface area contributed by atoms with Crippen molar-refractivity contribution in [1.82, 2.24) is 44.0 Å². The Labute approximate surface area is 843 Å². The van der Waals surface area contributed by atoms with E-state index >= 15 is 0 Å².